The van der Waals surface area contributed by atoms with Gasteiger partial charge in [0, 0.05) is 19.4 Å². The third-order valence-electron chi connectivity index (χ3n) is 1.70. The molecule has 0 atom stereocenters. The van der Waals surface area contributed by atoms with E-state index in [4.69, 9.17) is 0 Å². The van der Waals surface area contributed by atoms with Crippen LogP contribution in [-0.2, 0) is 0 Å². The van der Waals surface area contributed by atoms with Gasteiger partial charge in [-0.3, -0.25) is 10.4 Å². The fourth-order valence-electron chi connectivity index (χ4n) is 1.04. The maximum atomic E-state index is 4.24. The summed E-state index contributed by atoms with van der Waals surface area (Å²) in [4.78, 5) is 4.24. The van der Waals surface area contributed by atoms with Crippen molar-refractivity contribution >= 4 is 21.6 Å². The van der Waals surface area contributed by atoms with Crippen molar-refractivity contribution in [2.75, 3.05) is 7.05 Å². The molecule has 0 bridgehead atoms. The van der Waals surface area contributed by atoms with Crippen molar-refractivity contribution in [2.24, 2.45) is 0 Å². The molecular weight excluding hydrogens is 226 g/mol. The molecule has 2 heterocycles. The molecule has 1 aromatic rings. The first-order valence-electron chi connectivity index (χ1n) is 4.48. The molecule has 0 aromatic carbocycles. The minimum absolute atomic E-state index is 1.02. The summed E-state index contributed by atoms with van der Waals surface area (Å²) < 4.78 is 0. The Labute approximate surface area is 97.0 Å². The van der Waals surface area contributed by atoms with Crippen LogP contribution in [0.1, 0.15) is 0 Å². The largest absolute Gasteiger partial charge is 0.298 e. The van der Waals surface area contributed by atoms with E-state index in [-0.39, 0.29) is 0 Å². The summed E-state index contributed by atoms with van der Waals surface area (Å²) in [6.45, 7) is 0. The van der Waals surface area contributed by atoms with Gasteiger partial charge in [-0.1, -0.05) is 6.07 Å². The number of nitrogens with one attached hydrogen (secondary N) is 1. The van der Waals surface area contributed by atoms with Crippen molar-refractivity contribution < 1.29 is 0 Å². The zero-order valence-corrected chi connectivity index (χ0v) is 9.89. The Morgan fingerprint density at radius 1 is 1.33 bits per heavy atom. The summed E-state index contributed by atoms with van der Waals surface area (Å²) in [5.41, 5.74) is 3.21. The molecule has 5 heteroatoms. The lowest BCUT2D eigenvalue weighted by Gasteiger charge is -2.21. The van der Waals surface area contributed by atoms with Crippen LogP contribution in [0.5, 0.6) is 0 Å². The van der Waals surface area contributed by atoms with Crippen LogP contribution in [0.25, 0.3) is 0 Å². The Bertz CT molecular complexity index is 376. The zero-order chi connectivity index (χ0) is 10.5. The van der Waals surface area contributed by atoms with E-state index < -0.39 is 0 Å². The molecule has 1 aliphatic heterocycles. The van der Waals surface area contributed by atoms with Gasteiger partial charge in [0.1, 0.15) is 5.03 Å². The van der Waals surface area contributed by atoms with E-state index in [0.717, 1.165) is 10.1 Å². The molecule has 0 fully saturated rings. The highest BCUT2D eigenvalue weighted by atomic mass is 33.1. The van der Waals surface area contributed by atoms with Gasteiger partial charge in [0.15, 0.2) is 0 Å². The maximum Gasteiger partial charge on any atom is 0.107 e. The Balaban J connectivity index is 1.89. The van der Waals surface area contributed by atoms with Crippen molar-refractivity contribution in [3.05, 3.63) is 47.8 Å². The minimum atomic E-state index is 1.02. The predicted molar refractivity (Wildman–Crippen MR) is 65.8 cm³/mol. The number of hydrogen-bond acceptors (Lipinski definition) is 5. The lowest BCUT2D eigenvalue weighted by atomic mass is 10.5. The monoisotopic (exact) mass is 237 g/mol. The molecule has 1 aliphatic rings. The zero-order valence-electron chi connectivity index (χ0n) is 8.25. The molecule has 1 N–H and O–H groups in total. The molecule has 1 aromatic heterocycles. The first kappa shape index (κ1) is 10.4. The van der Waals surface area contributed by atoms with Gasteiger partial charge < -0.3 is 0 Å². The maximum absolute atomic E-state index is 4.24. The number of pyridine rings is 1. The second-order valence-corrected chi connectivity index (χ2v) is 5.12. The normalized spacial score (nSPS) is 14.7. The van der Waals surface area contributed by atoms with E-state index in [0.29, 0.717) is 0 Å². The first-order chi connectivity index (χ1) is 7.34. The SMILES string of the molecule is CN1C=CC=C(SSc2ccccn2)N1. The van der Waals surface area contributed by atoms with Crippen LogP contribution < -0.4 is 5.43 Å². The lowest BCUT2D eigenvalue weighted by Crippen LogP contribution is -2.29. The molecule has 15 heavy (non-hydrogen) atoms. The smallest absolute Gasteiger partial charge is 0.107 e. The molecule has 0 saturated carbocycles. The highest BCUT2D eigenvalue weighted by Gasteiger charge is 2.04. The predicted octanol–water partition coefficient (Wildman–Crippen LogP) is 2.63. The standard InChI is InChI=1S/C10H11N3S2/c1-13-8-4-6-10(12-13)15-14-9-5-2-3-7-11-9/h2-8,12H,1H3. The van der Waals surface area contributed by atoms with Crippen LogP contribution >= 0.6 is 21.6 Å². The summed E-state index contributed by atoms with van der Waals surface area (Å²) in [5.74, 6) is 0. The molecule has 0 radical (unpaired) electrons. The Morgan fingerprint density at radius 2 is 2.27 bits per heavy atom. The molecule has 78 valence electrons. The fourth-order valence-corrected chi connectivity index (χ4v) is 2.87. The van der Waals surface area contributed by atoms with E-state index >= 15 is 0 Å². The lowest BCUT2D eigenvalue weighted by molar-refractivity contribution is 0.378. The third-order valence-corrected chi connectivity index (χ3v) is 3.90. The van der Waals surface area contributed by atoms with Gasteiger partial charge in [0.2, 0.25) is 0 Å². The Kier molecular flexibility index (Phi) is 3.58. The van der Waals surface area contributed by atoms with Crippen LogP contribution in [0.15, 0.2) is 52.8 Å². The number of rotatable bonds is 3. The second-order valence-electron chi connectivity index (χ2n) is 2.93. The molecule has 0 unspecified atom stereocenters. The van der Waals surface area contributed by atoms with Crippen molar-refractivity contribution in [1.82, 2.24) is 15.4 Å². The van der Waals surface area contributed by atoms with Crippen molar-refractivity contribution in [2.45, 2.75) is 5.03 Å². The molecule has 0 spiro atoms. The fraction of sp³-hybridized carbons (Fsp3) is 0.100. The van der Waals surface area contributed by atoms with Gasteiger partial charge >= 0.3 is 0 Å². The second kappa shape index (κ2) is 5.14. The number of allylic oxidation sites excluding steroid dienone is 2. The van der Waals surface area contributed by atoms with Crippen LogP contribution in [0, 0.1) is 0 Å². The quantitative estimate of drug-likeness (QED) is 0.816. The highest BCUT2D eigenvalue weighted by molar-refractivity contribution is 8.78. The van der Waals surface area contributed by atoms with Crippen LogP contribution in [0.3, 0.4) is 0 Å². The van der Waals surface area contributed by atoms with Gasteiger partial charge in [-0.2, -0.15) is 0 Å². The summed E-state index contributed by atoms with van der Waals surface area (Å²) >= 11 is 0. The summed E-state index contributed by atoms with van der Waals surface area (Å²) in [6.07, 6.45) is 7.82. The first-order valence-corrected chi connectivity index (χ1v) is 6.63. The third kappa shape index (κ3) is 3.21. The summed E-state index contributed by atoms with van der Waals surface area (Å²) in [5, 5.41) is 4.04. The summed E-state index contributed by atoms with van der Waals surface area (Å²) in [6, 6.07) is 5.91. The molecule has 3 nitrogen and oxygen atoms in total. The Hall–Kier alpha value is -1.07. The summed E-state index contributed by atoms with van der Waals surface area (Å²) in [7, 11) is 5.28. The average molecular weight is 237 g/mol. The molecule has 2 rings (SSSR count). The number of hydrogen-bond donors (Lipinski definition) is 1. The number of aromatic nitrogens is 1. The minimum Gasteiger partial charge on any atom is -0.298 e. The van der Waals surface area contributed by atoms with E-state index in [1.54, 1.807) is 27.8 Å². The highest BCUT2D eigenvalue weighted by Crippen LogP contribution is 2.34. The van der Waals surface area contributed by atoms with Gasteiger partial charge in [-0.05, 0) is 45.9 Å². The average Bonchev–Trinajstić information content (AvgIpc) is 2.28. The molecule has 0 amide bonds. The van der Waals surface area contributed by atoms with E-state index in [9.17, 15) is 0 Å². The van der Waals surface area contributed by atoms with E-state index in [1.807, 2.05) is 48.6 Å². The van der Waals surface area contributed by atoms with E-state index in [2.05, 4.69) is 10.4 Å². The topological polar surface area (TPSA) is 28.2 Å². The van der Waals surface area contributed by atoms with Crippen molar-refractivity contribution in [3.63, 3.8) is 0 Å². The van der Waals surface area contributed by atoms with E-state index in [1.165, 1.54) is 0 Å². The van der Waals surface area contributed by atoms with Crippen LogP contribution in [0.2, 0.25) is 0 Å². The molecule has 0 saturated heterocycles. The molecule has 0 aliphatic carbocycles. The van der Waals surface area contributed by atoms with Gasteiger partial charge in [0.25, 0.3) is 0 Å². The van der Waals surface area contributed by atoms with Crippen molar-refractivity contribution in [1.29, 1.82) is 0 Å². The van der Waals surface area contributed by atoms with Crippen molar-refractivity contribution in [3.8, 4) is 0 Å². The Morgan fingerprint density at radius 3 is 3.00 bits per heavy atom. The van der Waals surface area contributed by atoms with Gasteiger partial charge in [-0.15, -0.1) is 0 Å². The number of hydrazine groups is 1. The molecular formula is C10H11N3S2. The van der Waals surface area contributed by atoms with Gasteiger partial charge in [0.05, 0.1) is 5.03 Å². The van der Waals surface area contributed by atoms with Gasteiger partial charge in [-0.25, -0.2) is 4.98 Å². The number of nitrogens with zero attached hydrogens (tertiary/aromatic N) is 2. The van der Waals surface area contributed by atoms with Crippen LogP contribution in [-0.4, -0.2) is 17.0 Å². The van der Waals surface area contributed by atoms with Crippen LogP contribution in [0.4, 0.5) is 0 Å².